The Morgan fingerprint density at radius 1 is 1.38 bits per heavy atom. The van der Waals surface area contributed by atoms with Crippen LogP contribution in [0.3, 0.4) is 0 Å². The Morgan fingerprint density at radius 3 is 2.50 bits per heavy atom. The maximum absolute atomic E-state index is 13.2. The molecule has 1 aliphatic rings. The van der Waals surface area contributed by atoms with Crippen LogP contribution in [-0.2, 0) is 0 Å². The number of rotatable bonds is 2. The van der Waals surface area contributed by atoms with Gasteiger partial charge in [-0.3, -0.25) is 0 Å². The number of halogens is 3. The molecule has 0 spiro atoms. The normalized spacial score (nSPS) is 20.5. The first-order valence-electron chi connectivity index (χ1n) is 5.18. The smallest absolute Gasteiger partial charge is 0.160 e. The maximum Gasteiger partial charge on any atom is 0.160 e. The van der Waals surface area contributed by atoms with Crippen LogP contribution in [0, 0.1) is 5.82 Å². The summed E-state index contributed by atoms with van der Waals surface area (Å²) in [6, 6.07) is 3.73. The van der Waals surface area contributed by atoms with Gasteiger partial charge in [0.15, 0.2) is 5.82 Å². The van der Waals surface area contributed by atoms with Crippen molar-refractivity contribution in [1.82, 2.24) is 5.32 Å². The van der Waals surface area contributed by atoms with Crippen molar-refractivity contribution < 1.29 is 4.39 Å². The summed E-state index contributed by atoms with van der Waals surface area (Å²) in [7, 11) is 1.94. The van der Waals surface area contributed by atoms with Crippen LogP contribution in [-0.4, -0.2) is 26.2 Å². The lowest BCUT2D eigenvalue weighted by Crippen LogP contribution is -2.29. The quantitative estimate of drug-likeness (QED) is 0.825. The highest BCUT2D eigenvalue weighted by molar-refractivity contribution is 6.35. The lowest BCUT2D eigenvalue weighted by Gasteiger charge is -2.19. The zero-order valence-corrected chi connectivity index (χ0v) is 10.4. The van der Waals surface area contributed by atoms with Crippen LogP contribution in [0.2, 0.25) is 10.0 Å². The van der Waals surface area contributed by atoms with Gasteiger partial charge in [-0.1, -0.05) is 23.2 Å². The van der Waals surface area contributed by atoms with Crippen molar-refractivity contribution in [3.8, 4) is 0 Å². The van der Waals surface area contributed by atoms with E-state index in [9.17, 15) is 4.39 Å². The molecule has 0 radical (unpaired) electrons. The average molecular weight is 263 g/mol. The van der Waals surface area contributed by atoms with Gasteiger partial charge in [-0.25, -0.2) is 4.39 Å². The van der Waals surface area contributed by atoms with E-state index in [4.69, 9.17) is 23.2 Å². The molecule has 1 N–H and O–H groups in total. The van der Waals surface area contributed by atoms with Crippen LogP contribution in [0.1, 0.15) is 6.42 Å². The van der Waals surface area contributed by atoms with Crippen LogP contribution in [0.4, 0.5) is 10.1 Å². The summed E-state index contributed by atoms with van der Waals surface area (Å²) in [6.45, 7) is 1.83. The number of nitrogens with one attached hydrogen (secondary N) is 1. The Morgan fingerprint density at radius 2 is 2.00 bits per heavy atom. The number of likely N-dealkylation sites (N-methyl/N-ethyl adjacent to an activating group) is 1. The highest BCUT2D eigenvalue weighted by Gasteiger charge is 2.22. The van der Waals surface area contributed by atoms with Crippen LogP contribution >= 0.6 is 23.2 Å². The summed E-state index contributed by atoms with van der Waals surface area (Å²) in [5.41, 5.74) is 0.883. The van der Waals surface area contributed by atoms with E-state index in [0.717, 1.165) is 25.2 Å². The second-order valence-electron chi connectivity index (χ2n) is 3.94. The first-order valence-corrected chi connectivity index (χ1v) is 5.94. The Kier molecular flexibility index (Phi) is 3.57. The molecule has 1 saturated heterocycles. The van der Waals surface area contributed by atoms with E-state index in [0.29, 0.717) is 6.04 Å². The third kappa shape index (κ3) is 2.26. The Balaban J connectivity index is 2.22. The van der Waals surface area contributed by atoms with Gasteiger partial charge in [0, 0.05) is 24.8 Å². The molecule has 0 saturated carbocycles. The third-order valence-corrected chi connectivity index (χ3v) is 3.48. The molecule has 1 aliphatic heterocycles. The monoisotopic (exact) mass is 262 g/mol. The molecule has 0 amide bonds. The van der Waals surface area contributed by atoms with Crippen molar-refractivity contribution in [2.45, 2.75) is 12.5 Å². The zero-order valence-electron chi connectivity index (χ0n) is 8.93. The Labute approximate surface area is 104 Å². The van der Waals surface area contributed by atoms with Gasteiger partial charge in [0.05, 0.1) is 10.0 Å². The molecule has 0 aliphatic carbocycles. The van der Waals surface area contributed by atoms with E-state index in [1.807, 2.05) is 7.05 Å². The number of nitrogens with zero attached hydrogens (tertiary/aromatic N) is 1. The van der Waals surface area contributed by atoms with E-state index in [-0.39, 0.29) is 10.0 Å². The molecule has 16 heavy (non-hydrogen) atoms. The van der Waals surface area contributed by atoms with Gasteiger partial charge in [0.2, 0.25) is 0 Å². The average Bonchev–Trinajstić information content (AvgIpc) is 2.73. The number of hydrogen-bond donors (Lipinski definition) is 1. The fourth-order valence-electron chi connectivity index (χ4n) is 1.96. The van der Waals surface area contributed by atoms with Crippen LogP contribution in [0.25, 0.3) is 0 Å². The minimum absolute atomic E-state index is 0.0791. The number of hydrogen-bond acceptors (Lipinski definition) is 2. The molecule has 1 aromatic rings. The van der Waals surface area contributed by atoms with Gasteiger partial charge in [-0.05, 0) is 25.6 Å². The highest BCUT2D eigenvalue weighted by Crippen LogP contribution is 2.30. The van der Waals surface area contributed by atoms with Gasteiger partial charge in [-0.15, -0.1) is 0 Å². The van der Waals surface area contributed by atoms with Crippen molar-refractivity contribution >= 4 is 28.9 Å². The van der Waals surface area contributed by atoms with Gasteiger partial charge in [0.1, 0.15) is 0 Å². The van der Waals surface area contributed by atoms with Crippen molar-refractivity contribution in [2.75, 3.05) is 25.0 Å². The molecule has 1 fully saturated rings. The molecule has 1 unspecified atom stereocenters. The first-order chi connectivity index (χ1) is 7.61. The summed E-state index contributed by atoms with van der Waals surface area (Å²) < 4.78 is 13.2. The Hall–Kier alpha value is -0.510. The van der Waals surface area contributed by atoms with E-state index < -0.39 is 5.82 Å². The molecule has 0 aromatic heterocycles. The summed E-state index contributed by atoms with van der Waals surface area (Å²) >= 11 is 11.5. The zero-order chi connectivity index (χ0) is 11.7. The van der Waals surface area contributed by atoms with Crippen molar-refractivity contribution in [3.63, 3.8) is 0 Å². The summed E-state index contributed by atoms with van der Waals surface area (Å²) in [4.78, 5) is 2.15. The molecule has 88 valence electrons. The van der Waals surface area contributed by atoms with Crippen molar-refractivity contribution in [3.05, 3.63) is 28.0 Å². The van der Waals surface area contributed by atoms with Gasteiger partial charge in [0.25, 0.3) is 0 Å². The highest BCUT2D eigenvalue weighted by atomic mass is 35.5. The third-order valence-electron chi connectivity index (χ3n) is 2.93. The molecular weight excluding hydrogens is 250 g/mol. The number of benzene rings is 1. The lowest BCUT2D eigenvalue weighted by molar-refractivity contribution is 0.616. The lowest BCUT2D eigenvalue weighted by atomic mass is 10.3. The molecule has 1 heterocycles. The second kappa shape index (κ2) is 4.78. The van der Waals surface area contributed by atoms with E-state index in [2.05, 4.69) is 10.2 Å². The predicted octanol–water partition coefficient (Wildman–Crippen LogP) is 2.93. The van der Waals surface area contributed by atoms with Gasteiger partial charge < -0.3 is 10.2 Å². The minimum Gasteiger partial charge on any atom is -0.370 e. The van der Waals surface area contributed by atoms with E-state index in [1.54, 1.807) is 12.1 Å². The van der Waals surface area contributed by atoms with Crippen molar-refractivity contribution in [2.24, 2.45) is 0 Å². The SMILES string of the molecule is CNC1CCN(c2cc(Cl)c(F)c(Cl)c2)C1. The van der Waals surface area contributed by atoms with Gasteiger partial charge in [-0.2, -0.15) is 0 Å². The van der Waals surface area contributed by atoms with Gasteiger partial charge >= 0.3 is 0 Å². The molecule has 2 nitrogen and oxygen atoms in total. The van der Waals surface area contributed by atoms with E-state index in [1.165, 1.54) is 0 Å². The summed E-state index contributed by atoms with van der Waals surface area (Å²) in [5.74, 6) is -0.545. The molecular formula is C11H13Cl2FN2. The maximum atomic E-state index is 13.2. The molecule has 2 rings (SSSR count). The Bertz CT molecular complexity index is 375. The fourth-order valence-corrected chi connectivity index (χ4v) is 2.43. The number of anilines is 1. The van der Waals surface area contributed by atoms with Crippen LogP contribution in [0.15, 0.2) is 12.1 Å². The standard InChI is InChI=1S/C11H13Cl2FN2/c1-15-7-2-3-16(6-7)8-4-9(12)11(14)10(13)5-8/h4-5,7,15H,2-3,6H2,1H3. The van der Waals surface area contributed by atoms with Crippen LogP contribution < -0.4 is 10.2 Å². The molecule has 5 heteroatoms. The summed E-state index contributed by atoms with van der Waals surface area (Å²) in [6.07, 6.45) is 1.07. The van der Waals surface area contributed by atoms with E-state index >= 15 is 0 Å². The second-order valence-corrected chi connectivity index (χ2v) is 4.76. The molecule has 0 bridgehead atoms. The topological polar surface area (TPSA) is 15.3 Å². The first kappa shape index (κ1) is 12.0. The molecule has 1 atom stereocenters. The largest absolute Gasteiger partial charge is 0.370 e. The van der Waals surface area contributed by atoms with Crippen LogP contribution in [0.5, 0.6) is 0 Å². The van der Waals surface area contributed by atoms with Crippen molar-refractivity contribution in [1.29, 1.82) is 0 Å². The molecule has 1 aromatic carbocycles. The predicted molar refractivity (Wildman–Crippen MR) is 66.1 cm³/mol. The fraction of sp³-hybridized carbons (Fsp3) is 0.455. The minimum atomic E-state index is -0.545. The summed E-state index contributed by atoms with van der Waals surface area (Å²) in [5, 5.41) is 3.38.